The second-order valence-corrected chi connectivity index (χ2v) is 6.01. The molecule has 0 aromatic carbocycles. The quantitative estimate of drug-likeness (QED) is 0.224. The molecule has 25 heavy (non-hydrogen) atoms. The molecule has 2 fully saturated rings. The molecule has 0 aromatic rings. The van der Waals surface area contributed by atoms with Crippen molar-refractivity contribution in [2.45, 2.75) is 32.5 Å². The van der Waals surface area contributed by atoms with Crippen LogP contribution in [0.3, 0.4) is 0 Å². The highest BCUT2D eigenvalue weighted by molar-refractivity contribution is 6.02. The van der Waals surface area contributed by atoms with E-state index in [0.717, 1.165) is 0 Å². The van der Waals surface area contributed by atoms with Crippen LogP contribution in [-0.4, -0.2) is 62.6 Å². The van der Waals surface area contributed by atoms with Gasteiger partial charge in [0.05, 0.1) is 37.0 Å². The fourth-order valence-electron chi connectivity index (χ4n) is 3.27. The lowest BCUT2D eigenvalue weighted by Crippen LogP contribution is -2.32. The molecule has 2 aliphatic heterocycles. The second-order valence-electron chi connectivity index (χ2n) is 6.01. The van der Waals surface area contributed by atoms with Crippen molar-refractivity contribution in [2.75, 3.05) is 33.4 Å². The zero-order valence-electron chi connectivity index (χ0n) is 14.9. The summed E-state index contributed by atoms with van der Waals surface area (Å²) in [6, 6.07) is 0. The van der Waals surface area contributed by atoms with Crippen LogP contribution in [0, 0.1) is 5.92 Å². The molecule has 7 heteroatoms. The average Bonchev–Trinajstić information content (AvgIpc) is 3.19. The van der Waals surface area contributed by atoms with Crippen LogP contribution in [0.4, 0.5) is 0 Å². The summed E-state index contributed by atoms with van der Waals surface area (Å²) < 4.78 is 16.7. The Morgan fingerprint density at radius 1 is 1.28 bits per heavy atom. The first kappa shape index (κ1) is 19.3. The molecule has 2 aliphatic rings. The van der Waals surface area contributed by atoms with Crippen molar-refractivity contribution in [1.29, 1.82) is 0 Å². The van der Waals surface area contributed by atoms with Gasteiger partial charge in [-0.3, -0.25) is 14.4 Å². The minimum atomic E-state index is -0.871. The maximum absolute atomic E-state index is 12.3. The first-order valence-corrected chi connectivity index (χ1v) is 8.55. The lowest BCUT2D eigenvalue weighted by atomic mass is 9.90. The van der Waals surface area contributed by atoms with Crippen LogP contribution in [0.1, 0.15) is 26.7 Å². The van der Waals surface area contributed by atoms with Gasteiger partial charge in [0.25, 0.3) is 0 Å². The molecule has 1 unspecified atom stereocenters. The van der Waals surface area contributed by atoms with Gasteiger partial charge in [-0.2, -0.15) is 0 Å². The summed E-state index contributed by atoms with van der Waals surface area (Å²) in [4.78, 5) is 37.1. The summed E-state index contributed by atoms with van der Waals surface area (Å²) in [6.07, 6.45) is 3.68. The summed E-state index contributed by atoms with van der Waals surface area (Å²) >= 11 is 0. The van der Waals surface area contributed by atoms with Gasteiger partial charge in [0.2, 0.25) is 5.79 Å². The summed E-state index contributed by atoms with van der Waals surface area (Å²) in [5.41, 5.74) is 0.984. The molecule has 0 aliphatic carbocycles. The number of carbonyl (C=O) groups is 3. The van der Waals surface area contributed by atoms with Gasteiger partial charge in [0, 0.05) is 20.0 Å². The van der Waals surface area contributed by atoms with Crippen molar-refractivity contribution < 1.29 is 28.6 Å². The lowest BCUT2D eigenvalue weighted by Gasteiger charge is -2.27. The zero-order valence-corrected chi connectivity index (χ0v) is 14.9. The van der Waals surface area contributed by atoms with E-state index in [-0.39, 0.29) is 12.2 Å². The molecule has 2 rings (SSSR count). The number of carbonyl (C=O) groups excluding carboxylic acids is 3. The minimum absolute atomic E-state index is 0.0687. The number of ether oxygens (including phenoxy) is 3. The van der Waals surface area contributed by atoms with Crippen molar-refractivity contribution in [3.8, 4) is 0 Å². The highest BCUT2D eigenvalue weighted by Gasteiger charge is 2.47. The Kier molecular flexibility index (Phi) is 6.50. The van der Waals surface area contributed by atoms with Crippen LogP contribution >= 0.6 is 0 Å². The molecule has 7 nitrogen and oxygen atoms in total. The standard InChI is InChI=1S/C18H25NO6/c1-4-14(17(22)23-5-2)15(13(11-20)12-21)10-16-18(6-7-19(16)3)24-8-9-25-18/h10-12,14H,4-9H2,1-3H3/b16-10-. The van der Waals surface area contributed by atoms with Crippen LogP contribution < -0.4 is 0 Å². The molecular weight excluding hydrogens is 326 g/mol. The number of hydrogen-bond acceptors (Lipinski definition) is 7. The van der Waals surface area contributed by atoms with Crippen LogP contribution in [0.2, 0.25) is 0 Å². The maximum Gasteiger partial charge on any atom is 0.313 e. The first-order chi connectivity index (χ1) is 12.0. The molecule has 1 spiro atoms. The number of aldehydes is 2. The number of esters is 1. The summed E-state index contributed by atoms with van der Waals surface area (Å²) in [5.74, 6) is -2.03. The smallest absolute Gasteiger partial charge is 0.313 e. The molecular formula is C18H25NO6. The number of allylic oxidation sites excluding steroid dienone is 2. The Labute approximate surface area is 147 Å². The third-order valence-corrected chi connectivity index (χ3v) is 4.57. The number of rotatable bonds is 7. The SMILES string of the molecule is CCOC(=O)C(CC)C(/C=C1\N(C)CCC12OCCO2)=C(C=O)C=O. The van der Waals surface area contributed by atoms with E-state index in [1.165, 1.54) is 0 Å². The highest BCUT2D eigenvalue weighted by atomic mass is 16.7. The van der Waals surface area contributed by atoms with E-state index in [0.29, 0.717) is 56.4 Å². The Balaban J connectivity index is 2.52. The summed E-state index contributed by atoms with van der Waals surface area (Å²) in [7, 11) is 1.88. The summed E-state index contributed by atoms with van der Waals surface area (Å²) in [5, 5.41) is 0. The van der Waals surface area contributed by atoms with Gasteiger partial charge < -0.3 is 19.1 Å². The maximum atomic E-state index is 12.3. The van der Waals surface area contributed by atoms with Crippen LogP contribution in [0.15, 0.2) is 22.9 Å². The van der Waals surface area contributed by atoms with E-state index in [1.54, 1.807) is 13.0 Å². The first-order valence-electron chi connectivity index (χ1n) is 8.55. The van der Waals surface area contributed by atoms with Crippen molar-refractivity contribution >= 4 is 18.5 Å². The molecule has 0 saturated carbocycles. The van der Waals surface area contributed by atoms with Gasteiger partial charge in [-0.25, -0.2) is 0 Å². The zero-order chi connectivity index (χ0) is 18.4. The minimum Gasteiger partial charge on any atom is -0.466 e. The van der Waals surface area contributed by atoms with Gasteiger partial charge in [-0.1, -0.05) is 6.92 Å². The van der Waals surface area contributed by atoms with Crippen LogP contribution in [0.25, 0.3) is 0 Å². The number of hydrogen-bond donors (Lipinski definition) is 0. The van der Waals surface area contributed by atoms with Crippen LogP contribution in [0.5, 0.6) is 0 Å². The lowest BCUT2D eigenvalue weighted by molar-refractivity contribution is -0.146. The predicted octanol–water partition coefficient (Wildman–Crippen LogP) is 1.23. The fraction of sp³-hybridized carbons (Fsp3) is 0.611. The van der Waals surface area contributed by atoms with Crippen molar-refractivity contribution in [2.24, 2.45) is 5.92 Å². The van der Waals surface area contributed by atoms with E-state index >= 15 is 0 Å². The molecule has 1 atom stereocenters. The molecule has 0 amide bonds. The largest absolute Gasteiger partial charge is 0.466 e. The van der Waals surface area contributed by atoms with E-state index < -0.39 is 17.7 Å². The average molecular weight is 351 g/mol. The summed E-state index contributed by atoms with van der Waals surface area (Å²) in [6.45, 7) is 5.43. The fourth-order valence-corrected chi connectivity index (χ4v) is 3.27. The van der Waals surface area contributed by atoms with Gasteiger partial charge in [0.1, 0.15) is 0 Å². The molecule has 0 aromatic heterocycles. The second kappa shape index (κ2) is 8.40. The van der Waals surface area contributed by atoms with Gasteiger partial charge in [-0.05, 0) is 25.0 Å². The molecule has 0 bridgehead atoms. The molecule has 2 heterocycles. The monoisotopic (exact) mass is 351 g/mol. The van der Waals surface area contributed by atoms with Crippen molar-refractivity contribution in [3.05, 3.63) is 22.9 Å². The third-order valence-electron chi connectivity index (χ3n) is 4.57. The van der Waals surface area contributed by atoms with E-state index in [4.69, 9.17) is 14.2 Å². The van der Waals surface area contributed by atoms with Gasteiger partial charge in [0.15, 0.2) is 12.6 Å². The van der Waals surface area contributed by atoms with E-state index in [2.05, 4.69) is 0 Å². The van der Waals surface area contributed by atoms with Crippen molar-refractivity contribution in [3.63, 3.8) is 0 Å². The molecule has 0 N–H and O–H groups in total. The third kappa shape index (κ3) is 3.82. The number of nitrogens with zero attached hydrogens (tertiary/aromatic N) is 1. The molecule has 0 radical (unpaired) electrons. The number of likely N-dealkylation sites (N-methyl/N-ethyl adjacent to an activating group) is 1. The topological polar surface area (TPSA) is 82.1 Å². The van der Waals surface area contributed by atoms with Gasteiger partial charge >= 0.3 is 5.97 Å². The predicted molar refractivity (Wildman–Crippen MR) is 89.5 cm³/mol. The van der Waals surface area contributed by atoms with E-state index in [1.807, 2.05) is 18.9 Å². The Morgan fingerprint density at radius 3 is 2.44 bits per heavy atom. The Hall–Kier alpha value is -1.99. The highest BCUT2D eigenvalue weighted by Crippen LogP contribution is 2.40. The van der Waals surface area contributed by atoms with Crippen LogP contribution in [-0.2, 0) is 28.6 Å². The van der Waals surface area contributed by atoms with Crippen molar-refractivity contribution in [1.82, 2.24) is 4.90 Å². The normalized spacial score (nSPS) is 21.4. The van der Waals surface area contributed by atoms with Gasteiger partial charge in [-0.15, -0.1) is 0 Å². The molecule has 2 saturated heterocycles. The van der Waals surface area contributed by atoms with E-state index in [9.17, 15) is 14.4 Å². The molecule has 138 valence electrons. The Morgan fingerprint density at radius 2 is 1.92 bits per heavy atom. The number of likely N-dealkylation sites (tertiary alicyclic amines) is 1. The Bertz CT molecular complexity index is 578.